The van der Waals surface area contributed by atoms with Gasteiger partial charge in [0.1, 0.15) is 12.6 Å². The van der Waals surface area contributed by atoms with Crippen molar-refractivity contribution in [3.05, 3.63) is 66.2 Å². The first-order valence-electron chi connectivity index (χ1n) is 7.60. The molecule has 0 aliphatic rings. The zero-order chi connectivity index (χ0) is 17.6. The Hall–Kier alpha value is -3.55. The van der Waals surface area contributed by atoms with Crippen LogP contribution in [0.25, 0.3) is 11.4 Å². The Morgan fingerprint density at radius 1 is 1.04 bits per heavy atom. The minimum atomic E-state index is -0.911. The predicted molar refractivity (Wildman–Crippen MR) is 89.8 cm³/mol. The van der Waals surface area contributed by atoms with Gasteiger partial charge in [-0.3, -0.25) is 9.59 Å². The lowest BCUT2D eigenvalue weighted by Crippen LogP contribution is -2.39. The fourth-order valence-corrected chi connectivity index (χ4v) is 2.31. The van der Waals surface area contributed by atoms with Crippen molar-refractivity contribution in [1.29, 1.82) is 0 Å². The Bertz CT molecular complexity index is 863. The second-order valence-corrected chi connectivity index (χ2v) is 5.32. The van der Waals surface area contributed by atoms with E-state index in [0.717, 1.165) is 5.56 Å². The lowest BCUT2D eigenvalue weighted by atomic mass is 10.1. The third-order valence-corrected chi connectivity index (χ3v) is 3.49. The smallest absolute Gasteiger partial charge is 0.244 e. The topological polar surface area (TPSA) is 116 Å². The summed E-state index contributed by atoms with van der Waals surface area (Å²) in [6.07, 6.45) is 0. The molecule has 1 aromatic heterocycles. The normalized spacial score (nSPS) is 11.7. The number of amides is 2. The highest BCUT2D eigenvalue weighted by Crippen LogP contribution is 2.13. The monoisotopic (exact) mass is 336 g/mol. The number of tetrazole rings is 1. The third kappa shape index (κ3) is 4.05. The van der Waals surface area contributed by atoms with Gasteiger partial charge in [0.15, 0.2) is 0 Å². The molecule has 25 heavy (non-hydrogen) atoms. The largest absolute Gasteiger partial charge is 0.368 e. The van der Waals surface area contributed by atoms with Crippen molar-refractivity contribution in [3.63, 3.8) is 0 Å². The van der Waals surface area contributed by atoms with E-state index in [1.54, 1.807) is 24.3 Å². The van der Waals surface area contributed by atoms with E-state index >= 15 is 0 Å². The fraction of sp³-hybridized carbons (Fsp3) is 0.118. The van der Waals surface area contributed by atoms with Gasteiger partial charge in [-0.2, -0.15) is 4.80 Å². The van der Waals surface area contributed by atoms with Gasteiger partial charge in [0.25, 0.3) is 0 Å². The van der Waals surface area contributed by atoms with Crippen LogP contribution in [-0.4, -0.2) is 32.0 Å². The molecule has 3 aromatic rings. The first-order valence-corrected chi connectivity index (χ1v) is 7.60. The van der Waals surface area contributed by atoms with E-state index in [0.29, 0.717) is 11.4 Å². The van der Waals surface area contributed by atoms with E-state index < -0.39 is 17.9 Å². The molecular weight excluding hydrogens is 320 g/mol. The highest BCUT2D eigenvalue weighted by molar-refractivity contribution is 5.87. The molecule has 8 heteroatoms. The van der Waals surface area contributed by atoms with E-state index in [1.165, 1.54) is 4.80 Å². The molecule has 1 heterocycles. The molecule has 3 rings (SSSR count). The summed E-state index contributed by atoms with van der Waals surface area (Å²) < 4.78 is 0. The van der Waals surface area contributed by atoms with Crippen molar-refractivity contribution in [2.75, 3.05) is 0 Å². The zero-order valence-corrected chi connectivity index (χ0v) is 13.2. The van der Waals surface area contributed by atoms with Gasteiger partial charge in [-0.25, -0.2) is 0 Å². The second kappa shape index (κ2) is 7.35. The molecule has 126 valence electrons. The Morgan fingerprint density at radius 3 is 2.32 bits per heavy atom. The van der Waals surface area contributed by atoms with Gasteiger partial charge in [0, 0.05) is 5.56 Å². The molecule has 3 N–H and O–H groups in total. The van der Waals surface area contributed by atoms with Crippen LogP contribution in [0.4, 0.5) is 0 Å². The summed E-state index contributed by atoms with van der Waals surface area (Å²) >= 11 is 0. The van der Waals surface area contributed by atoms with Crippen LogP contribution in [0.2, 0.25) is 0 Å². The fourth-order valence-electron chi connectivity index (χ4n) is 2.31. The Balaban J connectivity index is 1.68. The summed E-state index contributed by atoms with van der Waals surface area (Å²) in [5.41, 5.74) is 6.80. The minimum absolute atomic E-state index is 0.170. The molecule has 0 spiro atoms. The summed E-state index contributed by atoms with van der Waals surface area (Å²) in [7, 11) is 0. The Kier molecular flexibility index (Phi) is 4.79. The second-order valence-electron chi connectivity index (χ2n) is 5.32. The maximum Gasteiger partial charge on any atom is 0.244 e. The highest BCUT2D eigenvalue weighted by Gasteiger charge is 2.20. The number of aromatic nitrogens is 4. The predicted octanol–water partition coefficient (Wildman–Crippen LogP) is 0.683. The van der Waals surface area contributed by atoms with Gasteiger partial charge < -0.3 is 11.1 Å². The van der Waals surface area contributed by atoms with Crippen LogP contribution in [0.15, 0.2) is 60.7 Å². The standard InChI is InChI=1S/C17H16N6O2/c18-16(25)15(12-7-3-1-4-8-12)19-14(24)11-23-21-17(20-22-23)13-9-5-2-6-10-13/h1-10,15H,11H2,(H2,18,25)(H,19,24). The summed E-state index contributed by atoms with van der Waals surface area (Å²) in [5, 5.41) is 14.5. The number of nitrogens with two attached hydrogens (primary N) is 1. The molecule has 0 radical (unpaired) electrons. The molecule has 2 amide bonds. The van der Waals surface area contributed by atoms with Crippen LogP contribution < -0.4 is 11.1 Å². The molecule has 0 aliphatic heterocycles. The maximum absolute atomic E-state index is 12.2. The number of primary amides is 1. The van der Waals surface area contributed by atoms with Crippen molar-refractivity contribution >= 4 is 11.8 Å². The number of nitrogens with zero attached hydrogens (tertiary/aromatic N) is 4. The lowest BCUT2D eigenvalue weighted by Gasteiger charge is -2.15. The van der Waals surface area contributed by atoms with E-state index in [2.05, 4.69) is 20.7 Å². The van der Waals surface area contributed by atoms with Crippen LogP contribution in [0.3, 0.4) is 0 Å². The lowest BCUT2D eigenvalue weighted by molar-refractivity contribution is -0.128. The van der Waals surface area contributed by atoms with Crippen molar-refractivity contribution in [2.45, 2.75) is 12.6 Å². The SMILES string of the molecule is NC(=O)C(NC(=O)Cn1nnc(-c2ccccc2)n1)c1ccccc1. The molecule has 0 saturated heterocycles. The van der Waals surface area contributed by atoms with Gasteiger partial charge in [0.2, 0.25) is 17.6 Å². The Morgan fingerprint density at radius 2 is 1.68 bits per heavy atom. The average molecular weight is 336 g/mol. The number of carbonyl (C=O) groups is 2. The van der Waals surface area contributed by atoms with E-state index in [4.69, 9.17) is 5.73 Å². The van der Waals surface area contributed by atoms with Crippen molar-refractivity contribution in [3.8, 4) is 11.4 Å². The van der Waals surface area contributed by atoms with E-state index in [-0.39, 0.29) is 6.54 Å². The molecule has 0 aliphatic carbocycles. The van der Waals surface area contributed by atoms with Gasteiger partial charge in [-0.15, -0.1) is 10.2 Å². The van der Waals surface area contributed by atoms with E-state index in [1.807, 2.05) is 36.4 Å². The number of carbonyl (C=O) groups excluding carboxylic acids is 2. The molecular formula is C17H16N6O2. The number of hydrogen-bond acceptors (Lipinski definition) is 5. The molecule has 0 saturated carbocycles. The van der Waals surface area contributed by atoms with Crippen molar-refractivity contribution in [1.82, 2.24) is 25.5 Å². The van der Waals surface area contributed by atoms with Crippen LogP contribution in [0.5, 0.6) is 0 Å². The summed E-state index contributed by atoms with van der Waals surface area (Å²) in [4.78, 5) is 25.0. The van der Waals surface area contributed by atoms with Gasteiger partial charge >= 0.3 is 0 Å². The average Bonchev–Trinajstić information content (AvgIpc) is 3.09. The number of rotatable bonds is 6. The molecule has 2 aromatic carbocycles. The molecule has 0 bridgehead atoms. The number of nitrogens with one attached hydrogen (secondary N) is 1. The number of benzene rings is 2. The molecule has 1 unspecified atom stereocenters. The van der Waals surface area contributed by atoms with Gasteiger partial charge in [0.05, 0.1) is 0 Å². The Labute approximate surface area is 143 Å². The molecule has 0 fully saturated rings. The van der Waals surface area contributed by atoms with Crippen LogP contribution in [0.1, 0.15) is 11.6 Å². The minimum Gasteiger partial charge on any atom is -0.368 e. The first kappa shape index (κ1) is 16.3. The maximum atomic E-state index is 12.2. The zero-order valence-electron chi connectivity index (χ0n) is 13.2. The van der Waals surface area contributed by atoms with Crippen LogP contribution in [-0.2, 0) is 16.1 Å². The number of hydrogen-bond donors (Lipinski definition) is 2. The van der Waals surface area contributed by atoms with Crippen LogP contribution in [0, 0.1) is 0 Å². The first-order chi connectivity index (χ1) is 12.1. The quantitative estimate of drug-likeness (QED) is 0.687. The molecule has 1 atom stereocenters. The van der Waals surface area contributed by atoms with Crippen molar-refractivity contribution < 1.29 is 9.59 Å². The summed E-state index contributed by atoms with van der Waals surface area (Å²) in [6.45, 7) is -0.170. The summed E-state index contributed by atoms with van der Waals surface area (Å²) in [6, 6.07) is 17.2. The summed E-state index contributed by atoms with van der Waals surface area (Å²) in [5.74, 6) is -0.663. The van der Waals surface area contributed by atoms with Crippen LogP contribution >= 0.6 is 0 Å². The molecule has 8 nitrogen and oxygen atoms in total. The van der Waals surface area contributed by atoms with Crippen molar-refractivity contribution in [2.24, 2.45) is 5.73 Å². The third-order valence-electron chi connectivity index (χ3n) is 3.49. The van der Waals surface area contributed by atoms with E-state index in [9.17, 15) is 9.59 Å². The van der Waals surface area contributed by atoms with Gasteiger partial charge in [-0.05, 0) is 10.8 Å². The van der Waals surface area contributed by atoms with Gasteiger partial charge in [-0.1, -0.05) is 60.7 Å². The highest BCUT2D eigenvalue weighted by atomic mass is 16.2.